The summed E-state index contributed by atoms with van der Waals surface area (Å²) < 4.78 is 12.2. The standard InChI is InChI=1S/C10H21OP/c1-2-3-8-12(11)9-6-4-5-7-10-12/h2-10H2,1H3. The van der Waals surface area contributed by atoms with Crippen molar-refractivity contribution in [3.63, 3.8) is 0 Å². The maximum atomic E-state index is 12.2. The first-order valence-electron chi connectivity index (χ1n) is 5.34. The molecule has 12 heavy (non-hydrogen) atoms. The van der Waals surface area contributed by atoms with Gasteiger partial charge >= 0.3 is 0 Å². The van der Waals surface area contributed by atoms with Gasteiger partial charge in [-0.1, -0.05) is 26.2 Å². The Morgan fingerprint density at radius 2 is 1.67 bits per heavy atom. The van der Waals surface area contributed by atoms with Crippen LogP contribution >= 0.6 is 7.14 Å². The molecule has 0 bridgehead atoms. The molecule has 2 heteroatoms. The minimum absolute atomic E-state index is 1.03. The Balaban J connectivity index is 2.38. The largest absolute Gasteiger partial charge is 0.324 e. The lowest BCUT2D eigenvalue weighted by atomic mass is 10.2. The van der Waals surface area contributed by atoms with E-state index in [-0.39, 0.29) is 0 Å². The lowest BCUT2D eigenvalue weighted by Gasteiger charge is -2.14. The quantitative estimate of drug-likeness (QED) is 0.617. The Morgan fingerprint density at radius 3 is 2.17 bits per heavy atom. The van der Waals surface area contributed by atoms with E-state index in [0.29, 0.717) is 0 Å². The molecule has 1 rings (SSSR count). The second-order valence-corrected chi connectivity index (χ2v) is 7.45. The summed E-state index contributed by atoms with van der Waals surface area (Å²) >= 11 is 0. The van der Waals surface area contributed by atoms with Gasteiger partial charge in [-0.3, -0.25) is 0 Å². The molecule has 1 heterocycles. The van der Waals surface area contributed by atoms with Crippen molar-refractivity contribution in [2.75, 3.05) is 18.5 Å². The fourth-order valence-corrected chi connectivity index (χ4v) is 5.10. The Bertz CT molecular complexity index is 153. The van der Waals surface area contributed by atoms with Crippen LogP contribution < -0.4 is 0 Å². The molecule has 0 aromatic rings. The van der Waals surface area contributed by atoms with E-state index in [1.807, 2.05) is 0 Å². The highest BCUT2D eigenvalue weighted by atomic mass is 31.2. The summed E-state index contributed by atoms with van der Waals surface area (Å²) in [6.45, 7) is 2.18. The van der Waals surface area contributed by atoms with Crippen LogP contribution in [0.3, 0.4) is 0 Å². The fraction of sp³-hybridized carbons (Fsp3) is 1.00. The van der Waals surface area contributed by atoms with Gasteiger partial charge in [-0.05, 0) is 19.3 Å². The molecule has 1 saturated heterocycles. The van der Waals surface area contributed by atoms with Crippen molar-refractivity contribution in [2.24, 2.45) is 0 Å². The second-order valence-electron chi connectivity index (χ2n) is 4.00. The molecule has 0 saturated carbocycles. The minimum Gasteiger partial charge on any atom is -0.324 e. The van der Waals surface area contributed by atoms with Gasteiger partial charge in [0.2, 0.25) is 0 Å². The van der Waals surface area contributed by atoms with E-state index in [0.717, 1.165) is 18.5 Å². The summed E-state index contributed by atoms with van der Waals surface area (Å²) in [5.74, 6) is 0. The van der Waals surface area contributed by atoms with Crippen LogP contribution in [0.2, 0.25) is 0 Å². The van der Waals surface area contributed by atoms with Crippen molar-refractivity contribution < 1.29 is 4.57 Å². The predicted molar refractivity (Wildman–Crippen MR) is 55.6 cm³/mol. The highest BCUT2D eigenvalue weighted by Gasteiger charge is 2.22. The van der Waals surface area contributed by atoms with E-state index in [1.165, 1.54) is 38.5 Å². The molecular formula is C10H21OP. The van der Waals surface area contributed by atoms with Gasteiger partial charge in [0.25, 0.3) is 0 Å². The predicted octanol–water partition coefficient (Wildman–Crippen LogP) is 3.72. The Kier molecular flexibility index (Phi) is 4.35. The molecule has 1 aliphatic heterocycles. The van der Waals surface area contributed by atoms with Crippen LogP contribution in [0.1, 0.15) is 45.4 Å². The molecule has 1 aliphatic rings. The zero-order chi connectivity index (χ0) is 8.86. The average Bonchev–Trinajstić information content (AvgIpc) is 2.27. The van der Waals surface area contributed by atoms with Gasteiger partial charge in [0.15, 0.2) is 0 Å². The molecule has 72 valence electrons. The smallest absolute Gasteiger partial charge is 0.0877 e. The van der Waals surface area contributed by atoms with E-state index >= 15 is 0 Å². The van der Waals surface area contributed by atoms with Crippen molar-refractivity contribution in [1.82, 2.24) is 0 Å². The van der Waals surface area contributed by atoms with E-state index < -0.39 is 7.14 Å². The third-order valence-electron chi connectivity index (χ3n) is 2.80. The topological polar surface area (TPSA) is 17.1 Å². The number of hydrogen-bond donors (Lipinski definition) is 0. The van der Waals surface area contributed by atoms with Gasteiger partial charge in [0.1, 0.15) is 0 Å². The van der Waals surface area contributed by atoms with Gasteiger partial charge in [0, 0.05) is 18.5 Å². The van der Waals surface area contributed by atoms with Gasteiger partial charge in [-0.2, -0.15) is 0 Å². The Hall–Kier alpha value is 0.230. The molecule has 0 aliphatic carbocycles. The zero-order valence-electron chi connectivity index (χ0n) is 8.22. The summed E-state index contributed by atoms with van der Waals surface area (Å²) in [4.78, 5) is 0. The molecule has 0 amide bonds. The van der Waals surface area contributed by atoms with Crippen molar-refractivity contribution in [3.05, 3.63) is 0 Å². The van der Waals surface area contributed by atoms with Crippen LogP contribution in [0, 0.1) is 0 Å². The normalized spacial score (nSPS) is 23.4. The van der Waals surface area contributed by atoms with E-state index in [9.17, 15) is 4.57 Å². The number of hydrogen-bond acceptors (Lipinski definition) is 1. The monoisotopic (exact) mass is 188 g/mol. The lowest BCUT2D eigenvalue weighted by Crippen LogP contribution is -1.97. The first kappa shape index (κ1) is 10.3. The van der Waals surface area contributed by atoms with Crippen molar-refractivity contribution >= 4 is 7.14 Å². The molecule has 0 N–H and O–H groups in total. The van der Waals surface area contributed by atoms with Gasteiger partial charge in [0.05, 0.1) is 7.14 Å². The maximum absolute atomic E-state index is 12.2. The van der Waals surface area contributed by atoms with Gasteiger partial charge < -0.3 is 4.57 Å². The molecule has 1 fully saturated rings. The molecule has 0 radical (unpaired) electrons. The van der Waals surface area contributed by atoms with Crippen molar-refractivity contribution in [1.29, 1.82) is 0 Å². The van der Waals surface area contributed by atoms with Crippen LogP contribution in [0.5, 0.6) is 0 Å². The first-order chi connectivity index (χ1) is 5.77. The van der Waals surface area contributed by atoms with Crippen LogP contribution in [-0.4, -0.2) is 18.5 Å². The molecular weight excluding hydrogens is 167 g/mol. The molecule has 0 atom stereocenters. The van der Waals surface area contributed by atoms with Crippen LogP contribution in [0.15, 0.2) is 0 Å². The third-order valence-corrected chi connectivity index (χ3v) is 6.19. The van der Waals surface area contributed by atoms with Gasteiger partial charge in [-0.25, -0.2) is 0 Å². The summed E-state index contributed by atoms with van der Waals surface area (Å²) in [5.41, 5.74) is 0. The molecule has 0 unspecified atom stereocenters. The van der Waals surface area contributed by atoms with Crippen LogP contribution in [0.25, 0.3) is 0 Å². The first-order valence-corrected chi connectivity index (χ1v) is 7.60. The van der Waals surface area contributed by atoms with E-state index in [1.54, 1.807) is 0 Å². The molecule has 1 nitrogen and oxygen atoms in total. The lowest BCUT2D eigenvalue weighted by molar-refractivity contribution is 0.571. The summed E-state index contributed by atoms with van der Waals surface area (Å²) in [5, 5.41) is 0. The maximum Gasteiger partial charge on any atom is 0.0877 e. The Labute approximate surface area is 76.3 Å². The van der Waals surface area contributed by atoms with Crippen molar-refractivity contribution in [3.8, 4) is 0 Å². The molecule has 0 aromatic carbocycles. The molecule has 0 aromatic heterocycles. The zero-order valence-corrected chi connectivity index (χ0v) is 9.11. The van der Waals surface area contributed by atoms with Crippen molar-refractivity contribution in [2.45, 2.75) is 45.4 Å². The minimum atomic E-state index is -1.67. The third kappa shape index (κ3) is 3.31. The number of unbranched alkanes of at least 4 members (excludes halogenated alkanes) is 1. The highest BCUT2D eigenvalue weighted by Crippen LogP contribution is 2.49. The summed E-state index contributed by atoms with van der Waals surface area (Å²) in [7, 11) is -1.67. The van der Waals surface area contributed by atoms with E-state index in [4.69, 9.17) is 0 Å². The Morgan fingerprint density at radius 1 is 1.08 bits per heavy atom. The van der Waals surface area contributed by atoms with Crippen LogP contribution in [0.4, 0.5) is 0 Å². The van der Waals surface area contributed by atoms with Gasteiger partial charge in [-0.15, -0.1) is 0 Å². The number of rotatable bonds is 3. The summed E-state index contributed by atoms with van der Waals surface area (Å²) in [6.07, 6.45) is 10.6. The second kappa shape index (κ2) is 5.07. The van der Waals surface area contributed by atoms with E-state index in [2.05, 4.69) is 6.92 Å². The molecule has 0 spiro atoms. The highest BCUT2D eigenvalue weighted by molar-refractivity contribution is 7.63. The summed E-state index contributed by atoms with van der Waals surface area (Å²) in [6, 6.07) is 0. The van der Waals surface area contributed by atoms with Crippen LogP contribution in [-0.2, 0) is 4.57 Å². The fourth-order valence-electron chi connectivity index (χ4n) is 1.94. The average molecular weight is 188 g/mol. The SMILES string of the molecule is CCCCP1(=O)CCCCCC1.